The first kappa shape index (κ1) is 14.3. The normalized spacial score (nSPS) is 11.0. The van der Waals surface area contributed by atoms with Crippen LogP contribution in [0.25, 0.3) is 21.6 Å². The molecule has 0 N–H and O–H groups in total. The predicted octanol–water partition coefficient (Wildman–Crippen LogP) is 4.64. The van der Waals surface area contributed by atoms with Gasteiger partial charge in [-0.15, -0.1) is 11.3 Å². The van der Waals surface area contributed by atoms with Crippen molar-refractivity contribution in [2.75, 3.05) is 19.0 Å². The quantitative estimate of drug-likeness (QED) is 0.659. The SMILES string of the molecule is CCc1ccsc1-c1nc(Cl)c2cc(N(C)C)ccc2n1. The molecule has 1 aromatic carbocycles. The highest BCUT2D eigenvalue weighted by Gasteiger charge is 2.12. The zero-order valence-corrected chi connectivity index (χ0v) is 13.8. The van der Waals surface area contributed by atoms with Gasteiger partial charge in [0.15, 0.2) is 5.82 Å². The Morgan fingerprint density at radius 2 is 2.00 bits per heavy atom. The summed E-state index contributed by atoms with van der Waals surface area (Å²) in [6.45, 7) is 2.14. The van der Waals surface area contributed by atoms with Crippen molar-refractivity contribution in [3.8, 4) is 10.7 Å². The van der Waals surface area contributed by atoms with Crippen LogP contribution in [-0.4, -0.2) is 24.1 Å². The van der Waals surface area contributed by atoms with Gasteiger partial charge in [-0.1, -0.05) is 18.5 Å². The van der Waals surface area contributed by atoms with E-state index in [-0.39, 0.29) is 0 Å². The molecule has 0 atom stereocenters. The lowest BCUT2D eigenvalue weighted by molar-refractivity contribution is 1.13. The van der Waals surface area contributed by atoms with Crippen LogP contribution in [0, 0.1) is 0 Å². The number of fused-ring (bicyclic) bond motifs is 1. The second kappa shape index (κ2) is 5.62. The highest BCUT2D eigenvalue weighted by atomic mass is 35.5. The highest BCUT2D eigenvalue weighted by Crippen LogP contribution is 2.32. The van der Waals surface area contributed by atoms with E-state index in [0.29, 0.717) is 5.15 Å². The fraction of sp³-hybridized carbons (Fsp3) is 0.250. The molecular weight excluding hydrogens is 302 g/mol. The van der Waals surface area contributed by atoms with E-state index in [4.69, 9.17) is 11.6 Å². The van der Waals surface area contributed by atoms with Crippen molar-refractivity contribution >= 4 is 39.5 Å². The van der Waals surface area contributed by atoms with Crippen molar-refractivity contribution in [1.82, 2.24) is 9.97 Å². The van der Waals surface area contributed by atoms with Crippen LogP contribution in [0.1, 0.15) is 12.5 Å². The molecule has 0 amide bonds. The maximum Gasteiger partial charge on any atom is 0.171 e. The zero-order chi connectivity index (χ0) is 15.0. The Morgan fingerprint density at radius 1 is 1.19 bits per heavy atom. The molecule has 0 aliphatic carbocycles. The van der Waals surface area contributed by atoms with E-state index in [2.05, 4.69) is 28.3 Å². The Hall–Kier alpha value is -1.65. The average Bonchev–Trinajstić information content (AvgIpc) is 2.95. The second-order valence-corrected chi connectivity index (χ2v) is 6.34. The summed E-state index contributed by atoms with van der Waals surface area (Å²) in [6.07, 6.45) is 0.970. The molecule has 0 fully saturated rings. The van der Waals surface area contributed by atoms with Gasteiger partial charge in [0.25, 0.3) is 0 Å². The Balaban J connectivity index is 2.18. The predicted molar refractivity (Wildman–Crippen MR) is 91.6 cm³/mol. The third kappa shape index (κ3) is 2.61. The van der Waals surface area contributed by atoms with Crippen LogP contribution in [0.4, 0.5) is 5.69 Å². The summed E-state index contributed by atoms with van der Waals surface area (Å²) in [5.41, 5.74) is 3.23. The van der Waals surface area contributed by atoms with E-state index in [1.807, 2.05) is 37.2 Å². The molecule has 108 valence electrons. The lowest BCUT2D eigenvalue weighted by Crippen LogP contribution is -2.08. The third-order valence-electron chi connectivity index (χ3n) is 3.48. The molecule has 2 heterocycles. The van der Waals surface area contributed by atoms with Gasteiger partial charge in [-0.3, -0.25) is 0 Å². The van der Waals surface area contributed by atoms with Crippen LogP contribution in [0.15, 0.2) is 29.6 Å². The fourth-order valence-corrected chi connectivity index (χ4v) is 3.43. The number of hydrogen-bond acceptors (Lipinski definition) is 4. The largest absolute Gasteiger partial charge is 0.378 e. The second-order valence-electron chi connectivity index (χ2n) is 5.06. The van der Waals surface area contributed by atoms with Crippen LogP contribution in [-0.2, 0) is 6.42 Å². The molecule has 0 saturated heterocycles. The van der Waals surface area contributed by atoms with Crippen LogP contribution < -0.4 is 4.90 Å². The zero-order valence-electron chi connectivity index (χ0n) is 12.2. The van der Waals surface area contributed by atoms with E-state index in [1.54, 1.807) is 11.3 Å². The molecule has 5 heteroatoms. The lowest BCUT2D eigenvalue weighted by atomic mass is 10.2. The van der Waals surface area contributed by atoms with Gasteiger partial charge < -0.3 is 4.90 Å². The number of aromatic nitrogens is 2. The Labute approximate surface area is 133 Å². The molecule has 2 aromatic heterocycles. The number of hydrogen-bond donors (Lipinski definition) is 0. The summed E-state index contributed by atoms with van der Waals surface area (Å²) in [5.74, 6) is 0.719. The summed E-state index contributed by atoms with van der Waals surface area (Å²) in [4.78, 5) is 12.3. The summed E-state index contributed by atoms with van der Waals surface area (Å²) in [6, 6.07) is 8.19. The molecule has 3 nitrogen and oxygen atoms in total. The first-order valence-corrected chi connectivity index (χ1v) is 8.07. The minimum Gasteiger partial charge on any atom is -0.378 e. The Kier molecular flexibility index (Phi) is 3.83. The van der Waals surface area contributed by atoms with Gasteiger partial charge in [0.2, 0.25) is 0 Å². The molecule has 0 aliphatic heterocycles. The molecule has 0 bridgehead atoms. The summed E-state index contributed by atoms with van der Waals surface area (Å²) in [7, 11) is 4.01. The molecule has 3 rings (SSSR count). The first-order valence-electron chi connectivity index (χ1n) is 6.81. The molecular formula is C16H16ClN3S. The van der Waals surface area contributed by atoms with Gasteiger partial charge in [0.1, 0.15) is 5.15 Å². The topological polar surface area (TPSA) is 29.0 Å². The van der Waals surface area contributed by atoms with Gasteiger partial charge in [0.05, 0.1) is 10.4 Å². The van der Waals surface area contributed by atoms with Crippen molar-refractivity contribution in [1.29, 1.82) is 0 Å². The molecule has 0 spiro atoms. The maximum absolute atomic E-state index is 6.39. The monoisotopic (exact) mass is 317 g/mol. The number of aryl methyl sites for hydroxylation is 1. The summed E-state index contributed by atoms with van der Waals surface area (Å²) >= 11 is 8.05. The summed E-state index contributed by atoms with van der Waals surface area (Å²) < 4.78 is 0. The number of anilines is 1. The average molecular weight is 318 g/mol. The number of nitrogens with zero attached hydrogens (tertiary/aromatic N) is 3. The number of benzene rings is 1. The lowest BCUT2D eigenvalue weighted by Gasteiger charge is -2.13. The van der Waals surface area contributed by atoms with E-state index in [1.165, 1.54) is 5.56 Å². The van der Waals surface area contributed by atoms with Gasteiger partial charge >= 0.3 is 0 Å². The van der Waals surface area contributed by atoms with Gasteiger partial charge in [-0.05, 0) is 41.6 Å². The molecule has 0 saturated carbocycles. The number of thiophene rings is 1. The van der Waals surface area contributed by atoms with Gasteiger partial charge in [-0.2, -0.15) is 0 Å². The first-order chi connectivity index (χ1) is 10.1. The summed E-state index contributed by atoms with van der Waals surface area (Å²) in [5, 5.41) is 3.47. The van der Waals surface area contributed by atoms with Crippen LogP contribution in [0.2, 0.25) is 5.15 Å². The fourth-order valence-electron chi connectivity index (χ4n) is 2.27. The number of halogens is 1. The van der Waals surface area contributed by atoms with Gasteiger partial charge in [-0.25, -0.2) is 9.97 Å². The highest BCUT2D eigenvalue weighted by molar-refractivity contribution is 7.13. The molecule has 0 unspecified atom stereocenters. The minimum absolute atomic E-state index is 0.508. The molecule has 21 heavy (non-hydrogen) atoms. The molecule has 0 radical (unpaired) electrons. The molecule has 0 aliphatic rings. The van der Waals surface area contributed by atoms with Crippen LogP contribution in [0.3, 0.4) is 0 Å². The van der Waals surface area contributed by atoms with Crippen LogP contribution >= 0.6 is 22.9 Å². The van der Waals surface area contributed by atoms with E-state index >= 15 is 0 Å². The number of rotatable bonds is 3. The smallest absolute Gasteiger partial charge is 0.171 e. The van der Waals surface area contributed by atoms with Crippen molar-refractivity contribution in [3.05, 3.63) is 40.4 Å². The third-order valence-corrected chi connectivity index (χ3v) is 4.72. The van der Waals surface area contributed by atoms with E-state index in [0.717, 1.165) is 33.7 Å². The van der Waals surface area contributed by atoms with Crippen molar-refractivity contribution in [3.63, 3.8) is 0 Å². The van der Waals surface area contributed by atoms with E-state index in [9.17, 15) is 0 Å². The van der Waals surface area contributed by atoms with Crippen molar-refractivity contribution < 1.29 is 0 Å². The Morgan fingerprint density at radius 3 is 2.71 bits per heavy atom. The van der Waals surface area contributed by atoms with Crippen LogP contribution in [0.5, 0.6) is 0 Å². The Bertz CT molecular complexity index is 795. The minimum atomic E-state index is 0.508. The van der Waals surface area contributed by atoms with Crippen molar-refractivity contribution in [2.24, 2.45) is 0 Å². The maximum atomic E-state index is 6.39. The van der Waals surface area contributed by atoms with Crippen molar-refractivity contribution in [2.45, 2.75) is 13.3 Å². The van der Waals surface area contributed by atoms with Gasteiger partial charge in [0, 0.05) is 25.2 Å². The molecule has 3 aromatic rings. The van der Waals surface area contributed by atoms with E-state index < -0.39 is 0 Å². The standard InChI is InChI=1S/C16H16ClN3S/c1-4-10-7-8-21-14(10)16-18-13-6-5-11(20(2)3)9-12(13)15(17)19-16/h5-9H,4H2,1-3H3.